The number of rotatable bonds is 1. The van der Waals surface area contributed by atoms with Gasteiger partial charge in [0.25, 0.3) is 0 Å². The maximum atomic E-state index is 10.1. The minimum absolute atomic E-state index is 0.178. The number of aromatic nitrogens is 3. The minimum Gasteiger partial charge on any atom is -0.507 e. The molecule has 112 valence electrons. The molecule has 2 aromatic rings. The lowest BCUT2D eigenvalue weighted by molar-refractivity contribution is 0.474. The zero-order valence-electron chi connectivity index (χ0n) is 13.6. The van der Waals surface area contributed by atoms with Gasteiger partial charge in [-0.25, -0.2) is 15.0 Å². The van der Waals surface area contributed by atoms with E-state index < -0.39 is 0 Å². The van der Waals surface area contributed by atoms with Crippen molar-refractivity contribution in [3.05, 3.63) is 35.9 Å². The molecule has 0 spiro atoms. The molecule has 4 heteroatoms. The van der Waals surface area contributed by atoms with E-state index in [0.29, 0.717) is 11.4 Å². The molecule has 0 aliphatic carbocycles. The summed E-state index contributed by atoms with van der Waals surface area (Å²) in [6.45, 7) is 12.4. The molecule has 0 radical (unpaired) electrons. The van der Waals surface area contributed by atoms with E-state index in [1.165, 1.54) is 0 Å². The molecule has 1 aromatic carbocycles. The van der Waals surface area contributed by atoms with E-state index in [4.69, 9.17) is 0 Å². The van der Waals surface area contributed by atoms with E-state index in [1.54, 1.807) is 12.1 Å². The van der Waals surface area contributed by atoms with Crippen molar-refractivity contribution < 1.29 is 5.11 Å². The molecule has 4 nitrogen and oxygen atoms in total. The van der Waals surface area contributed by atoms with E-state index >= 15 is 0 Å². The van der Waals surface area contributed by atoms with Crippen molar-refractivity contribution in [1.29, 1.82) is 0 Å². The van der Waals surface area contributed by atoms with Crippen LogP contribution in [0.4, 0.5) is 0 Å². The van der Waals surface area contributed by atoms with Crippen LogP contribution >= 0.6 is 0 Å². The molecule has 0 bridgehead atoms. The molecule has 1 heterocycles. The lowest BCUT2D eigenvalue weighted by Crippen LogP contribution is -2.24. The molecule has 0 atom stereocenters. The van der Waals surface area contributed by atoms with E-state index in [2.05, 4.69) is 56.5 Å². The van der Waals surface area contributed by atoms with Crippen LogP contribution in [0.3, 0.4) is 0 Å². The second kappa shape index (κ2) is 5.10. The topological polar surface area (TPSA) is 58.9 Å². The Labute approximate surface area is 126 Å². The summed E-state index contributed by atoms with van der Waals surface area (Å²) in [5.41, 5.74) is 0.278. The smallest absolute Gasteiger partial charge is 0.167 e. The van der Waals surface area contributed by atoms with E-state index in [9.17, 15) is 5.11 Å². The van der Waals surface area contributed by atoms with Crippen LogP contribution in [0.15, 0.2) is 24.3 Å². The van der Waals surface area contributed by atoms with Gasteiger partial charge in [0.05, 0.1) is 5.56 Å². The van der Waals surface area contributed by atoms with Gasteiger partial charge in [-0.2, -0.15) is 0 Å². The molecular formula is C17H23N3O. The summed E-state index contributed by atoms with van der Waals surface area (Å²) in [4.78, 5) is 13.8. The number of nitrogens with zero attached hydrogens (tertiary/aromatic N) is 3. The molecular weight excluding hydrogens is 262 g/mol. The zero-order valence-corrected chi connectivity index (χ0v) is 13.6. The maximum absolute atomic E-state index is 10.1. The lowest BCUT2D eigenvalue weighted by Gasteiger charge is -2.22. The highest BCUT2D eigenvalue weighted by atomic mass is 16.3. The molecule has 0 aliphatic rings. The first-order valence-electron chi connectivity index (χ1n) is 7.14. The standard InChI is InChI=1S/C17H23N3O/c1-16(2,3)14-18-13(11-9-7-8-10-12(11)21)19-15(20-14)17(4,5)6/h7-10,21H,1-6H3. The molecule has 0 amide bonds. The largest absolute Gasteiger partial charge is 0.507 e. The van der Waals surface area contributed by atoms with Crippen molar-refractivity contribution in [2.75, 3.05) is 0 Å². The third-order valence-electron chi connectivity index (χ3n) is 3.12. The Hall–Kier alpha value is -1.97. The highest BCUT2D eigenvalue weighted by Crippen LogP contribution is 2.30. The fraction of sp³-hybridized carbons (Fsp3) is 0.471. The van der Waals surface area contributed by atoms with Gasteiger partial charge in [0.15, 0.2) is 5.82 Å². The molecule has 0 unspecified atom stereocenters. The Morgan fingerprint density at radius 3 is 1.67 bits per heavy atom. The van der Waals surface area contributed by atoms with Crippen molar-refractivity contribution in [3.8, 4) is 17.1 Å². The van der Waals surface area contributed by atoms with E-state index in [0.717, 1.165) is 11.6 Å². The fourth-order valence-corrected chi connectivity index (χ4v) is 1.83. The first-order valence-corrected chi connectivity index (χ1v) is 7.14. The van der Waals surface area contributed by atoms with Gasteiger partial charge in [-0.05, 0) is 12.1 Å². The van der Waals surface area contributed by atoms with Crippen LogP contribution in [-0.2, 0) is 10.8 Å². The highest BCUT2D eigenvalue weighted by molar-refractivity contribution is 5.63. The van der Waals surface area contributed by atoms with Crippen molar-refractivity contribution in [2.24, 2.45) is 0 Å². The third-order valence-corrected chi connectivity index (χ3v) is 3.12. The number of hydrogen-bond donors (Lipinski definition) is 1. The Kier molecular flexibility index (Phi) is 3.74. The van der Waals surface area contributed by atoms with Gasteiger partial charge in [-0.15, -0.1) is 0 Å². The van der Waals surface area contributed by atoms with E-state index in [-0.39, 0.29) is 16.6 Å². The monoisotopic (exact) mass is 285 g/mol. The fourth-order valence-electron chi connectivity index (χ4n) is 1.83. The quantitative estimate of drug-likeness (QED) is 0.865. The number of hydrogen-bond acceptors (Lipinski definition) is 4. The van der Waals surface area contributed by atoms with Crippen LogP contribution < -0.4 is 0 Å². The average molecular weight is 285 g/mol. The maximum Gasteiger partial charge on any atom is 0.167 e. The second-order valence-corrected chi connectivity index (χ2v) is 7.32. The van der Waals surface area contributed by atoms with Gasteiger partial charge in [0.1, 0.15) is 17.4 Å². The van der Waals surface area contributed by atoms with Crippen LogP contribution in [-0.4, -0.2) is 20.1 Å². The number of aromatic hydroxyl groups is 1. The SMILES string of the molecule is CC(C)(C)c1nc(-c2ccccc2O)nc(C(C)(C)C)n1. The van der Waals surface area contributed by atoms with Crippen LogP contribution in [0.25, 0.3) is 11.4 Å². The molecule has 1 N–H and O–H groups in total. The molecule has 1 aromatic heterocycles. The summed E-state index contributed by atoms with van der Waals surface area (Å²) in [6.07, 6.45) is 0. The first kappa shape index (κ1) is 15.4. The number of para-hydroxylation sites is 1. The van der Waals surface area contributed by atoms with Crippen molar-refractivity contribution >= 4 is 0 Å². The van der Waals surface area contributed by atoms with Gasteiger partial charge < -0.3 is 5.11 Å². The molecule has 2 rings (SSSR count). The summed E-state index contributed by atoms with van der Waals surface area (Å²) >= 11 is 0. The Balaban J connectivity index is 2.70. The highest BCUT2D eigenvalue weighted by Gasteiger charge is 2.25. The molecule has 0 fully saturated rings. The lowest BCUT2D eigenvalue weighted by atomic mass is 9.93. The van der Waals surface area contributed by atoms with E-state index in [1.807, 2.05) is 12.1 Å². The zero-order chi connectivity index (χ0) is 15.8. The molecule has 0 saturated heterocycles. The normalized spacial score (nSPS) is 12.5. The number of phenolic OH excluding ortho intramolecular Hbond substituents is 1. The van der Waals surface area contributed by atoms with Crippen molar-refractivity contribution in [1.82, 2.24) is 15.0 Å². The van der Waals surface area contributed by atoms with Crippen LogP contribution in [0.1, 0.15) is 53.2 Å². The van der Waals surface area contributed by atoms with Gasteiger partial charge >= 0.3 is 0 Å². The van der Waals surface area contributed by atoms with Crippen LogP contribution in [0.5, 0.6) is 5.75 Å². The predicted molar refractivity (Wildman–Crippen MR) is 84.3 cm³/mol. The Morgan fingerprint density at radius 1 is 0.762 bits per heavy atom. The summed E-state index contributed by atoms with van der Waals surface area (Å²) in [7, 11) is 0. The summed E-state index contributed by atoms with van der Waals surface area (Å²) in [6, 6.07) is 7.12. The van der Waals surface area contributed by atoms with Gasteiger partial charge in [0, 0.05) is 10.8 Å². The average Bonchev–Trinajstić information content (AvgIpc) is 2.36. The summed E-state index contributed by atoms with van der Waals surface area (Å²) in [5, 5.41) is 10.1. The minimum atomic E-state index is -0.178. The van der Waals surface area contributed by atoms with Gasteiger partial charge in [-0.3, -0.25) is 0 Å². The molecule has 0 aliphatic heterocycles. The van der Waals surface area contributed by atoms with Crippen LogP contribution in [0.2, 0.25) is 0 Å². The summed E-state index contributed by atoms with van der Waals surface area (Å²) < 4.78 is 0. The van der Waals surface area contributed by atoms with Crippen LogP contribution in [0, 0.1) is 0 Å². The van der Waals surface area contributed by atoms with Crippen molar-refractivity contribution in [3.63, 3.8) is 0 Å². The van der Waals surface area contributed by atoms with Gasteiger partial charge in [-0.1, -0.05) is 53.7 Å². The predicted octanol–water partition coefficient (Wildman–Crippen LogP) is 3.84. The van der Waals surface area contributed by atoms with Gasteiger partial charge in [0.2, 0.25) is 0 Å². The number of benzene rings is 1. The first-order chi connectivity index (χ1) is 9.59. The molecule has 21 heavy (non-hydrogen) atoms. The Bertz CT molecular complexity index is 620. The Morgan fingerprint density at radius 2 is 1.24 bits per heavy atom. The third kappa shape index (κ3) is 3.38. The molecule has 0 saturated carbocycles. The second-order valence-electron chi connectivity index (χ2n) is 7.32. The summed E-state index contributed by atoms with van der Waals surface area (Å²) in [5.74, 6) is 2.18. The number of phenols is 1. The van der Waals surface area contributed by atoms with Crippen molar-refractivity contribution in [2.45, 2.75) is 52.4 Å².